The highest BCUT2D eigenvalue weighted by Crippen LogP contribution is 2.27. The van der Waals surface area contributed by atoms with Gasteiger partial charge in [0.25, 0.3) is 0 Å². The van der Waals surface area contributed by atoms with Gasteiger partial charge in [0.1, 0.15) is 5.75 Å². The quantitative estimate of drug-likeness (QED) is 0.757. The molecule has 0 bridgehead atoms. The van der Waals surface area contributed by atoms with Crippen LogP contribution in [0.15, 0.2) is 54.6 Å². The second kappa shape index (κ2) is 8.52. The fourth-order valence-corrected chi connectivity index (χ4v) is 3.03. The monoisotopic (exact) mass is 355 g/mol. The third-order valence-corrected chi connectivity index (χ3v) is 4.69. The molecule has 0 aliphatic rings. The molecule has 0 aliphatic carbocycles. The number of carboxylic acid groups (broad SMARTS) is 1. The van der Waals surface area contributed by atoms with Crippen molar-refractivity contribution in [1.82, 2.24) is 5.32 Å². The molecular formula is C21H25NO4. The highest BCUT2D eigenvalue weighted by Gasteiger charge is 2.40. The van der Waals surface area contributed by atoms with E-state index in [1.54, 1.807) is 38.3 Å². The number of ether oxygens (including phenoxy) is 1. The van der Waals surface area contributed by atoms with Crippen molar-refractivity contribution >= 4 is 11.9 Å². The Kier molecular flexibility index (Phi) is 6.39. The summed E-state index contributed by atoms with van der Waals surface area (Å²) >= 11 is 0. The lowest BCUT2D eigenvalue weighted by atomic mass is 9.86. The van der Waals surface area contributed by atoms with Gasteiger partial charge in [-0.1, -0.05) is 56.3 Å². The van der Waals surface area contributed by atoms with Gasteiger partial charge < -0.3 is 15.2 Å². The van der Waals surface area contributed by atoms with E-state index in [0.29, 0.717) is 5.56 Å². The summed E-state index contributed by atoms with van der Waals surface area (Å²) in [6, 6.07) is 16.3. The zero-order chi connectivity index (χ0) is 19.2. The van der Waals surface area contributed by atoms with Gasteiger partial charge in [-0.25, -0.2) is 4.79 Å². The molecule has 0 spiro atoms. The van der Waals surface area contributed by atoms with Crippen LogP contribution in [0.2, 0.25) is 0 Å². The van der Waals surface area contributed by atoms with Crippen molar-refractivity contribution in [2.24, 2.45) is 0 Å². The van der Waals surface area contributed by atoms with Gasteiger partial charge in [0.05, 0.1) is 7.11 Å². The molecule has 2 atom stereocenters. The molecule has 0 aromatic heterocycles. The van der Waals surface area contributed by atoms with Gasteiger partial charge in [0.15, 0.2) is 5.54 Å². The molecular weight excluding hydrogens is 330 g/mol. The summed E-state index contributed by atoms with van der Waals surface area (Å²) in [5.41, 5.74) is 0.149. The number of methoxy groups -OCH3 is 1. The minimum Gasteiger partial charge on any atom is -0.497 e. The summed E-state index contributed by atoms with van der Waals surface area (Å²) in [4.78, 5) is 24.6. The van der Waals surface area contributed by atoms with Crippen molar-refractivity contribution < 1.29 is 19.4 Å². The van der Waals surface area contributed by atoms with Gasteiger partial charge in [0.2, 0.25) is 5.91 Å². The number of carbonyl (C=O) groups is 2. The summed E-state index contributed by atoms with van der Waals surface area (Å²) in [7, 11) is 1.60. The zero-order valence-corrected chi connectivity index (χ0v) is 15.4. The number of rotatable bonds is 8. The highest BCUT2D eigenvalue weighted by molar-refractivity contribution is 5.88. The molecule has 2 N–H and O–H groups in total. The Morgan fingerprint density at radius 1 is 1.12 bits per heavy atom. The zero-order valence-electron chi connectivity index (χ0n) is 15.4. The first-order valence-electron chi connectivity index (χ1n) is 8.66. The normalized spacial score (nSPS) is 14.1. The predicted molar refractivity (Wildman–Crippen MR) is 100 cm³/mol. The Balaban J connectivity index is 2.15. The van der Waals surface area contributed by atoms with Gasteiger partial charge in [0, 0.05) is 6.42 Å². The van der Waals surface area contributed by atoms with E-state index in [4.69, 9.17) is 4.74 Å². The number of amides is 1. The van der Waals surface area contributed by atoms with Crippen LogP contribution in [-0.2, 0) is 15.1 Å². The van der Waals surface area contributed by atoms with E-state index in [0.717, 1.165) is 11.3 Å². The van der Waals surface area contributed by atoms with Gasteiger partial charge in [-0.2, -0.15) is 0 Å². The van der Waals surface area contributed by atoms with E-state index in [-0.39, 0.29) is 24.7 Å². The Labute approximate surface area is 154 Å². The summed E-state index contributed by atoms with van der Waals surface area (Å²) < 4.78 is 5.14. The van der Waals surface area contributed by atoms with E-state index in [1.165, 1.54) is 0 Å². The first-order valence-corrected chi connectivity index (χ1v) is 8.66. The molecule has 1 amide bonds. The van der Waals surface area contributed by atoms with Crippen LogP contribution in [0.1, 0.15) is 43.7 Å². The number of carboxylic acids is 1. The lowest BCUT2D eigenvalue weighted by Crippen LogP contribution is -2.51. The van der Waals surface area contributed by atoms with E-state index >= 15 is 0 Å². The molecule has 5 nitrogen and oxygen atoms in total. The van der Waals surface area contributed by atoms with Crippen molar-refractivity contribution in [3.05, 3.63) is 65.7 Å². The Morgan fingerprint density at radius 3 is 2.23 bits per heavy atom. The first-order chi connectivity index (χ1) is 12.4. The molecule has 0 saturated carbocycles. The molecule has 0 radical (unpaired) electrons. The van der Waals surface area contributed by atoms with Crippen LogP contribution in [0.5, 0.6) is 5.75 Å². The van der Waals surface area contributed by atoms with Crippen LogP contribution in [0.25, 0.3) is 0 Å². The number of nitrogens with one attached hydrogen (secondary N) is 1. The largest absolute Gasteiger partial charge is 0.497 e. The molecule has 26 heavy (non-hydrogen) atoms. The van der Waals surface area contributed by atoms with Crippen LogP contribution < -0.4 is 10.1 Å². The average Bonchev–Trinajstić information content (AvgIpc) is 2.66. The van der Waals surface area contributed by atoms with Crippen molar-refractivity contribution in [3.63, 3.8) is 0 Å². The summed E-state index contributed by atoms with van der Waals surface area (Å²) in [6.45, 7) is 3.70. The third kappa shape index (κ3) is 4.23. The molecule has 2 unspecified atom stereocenters. The topological polar surface area (TPSA) is 75.6 Å². The van der Waals surface area contributed by atoms with Gasteiger partial charge in [-0.05, 0) is 35.6 Å². The molecule has 138 valence electrons. The molecule has 0 saturated heterocycles. The van der Waals surface area contributed by atoms with E-state index < -0.39 is 11.5 Å². The maximum atomic E-state index is 12.6. The fourth-order valence-electron chi connectivity index (χ4n) is 3.03. The SMILES string of the molecule is CCC(NC(=O)CC(C)c1ccc(OC)cc1)(C(=O)O)c1ccccc1. The molecule has 0 aliphatic heterocycles. The summed E-state index contributed by atoms with van der Waals surface area (Å²) in [5, 5.41) is 12.6. The van der Waals surface area contributed by atoms with Crippen LogP contribution in [0.3, 0.4) is 0 Å². The standard InChI is InChI=1S/C21H25NO4/c1-4-21(20(24)25,17-8-6-5-7-9-17)22-19(23)14-15(2)16-10-12-18(26-3)13-11-16/h5-13,15H,4,14H2,1-3H3,(H,22,23)(H,24,25). The number of hydrogen-bond acceptors (Lipinski definition) is 3. The molecule has 0 fully saturated rings. The van der Waals surface area contributed by atoms with Crippen molar-refractivity contribution in [1.29, 1.82) is 0 Å². The van der Waals surface area contributed by atoms with Gasteiger partial charge in [-0.15, -0.1) is 0 Å². The van der Waals surface area contributed by atoms with Crippen LogP contribution >= 0.6 is 0 Å². The molecule has 5 heteroatoms. The summed E-state index contributed by atoms with van der Waals surface area (Å²) in [6.07, 6.45) is 0.462. The minimum absolute atomic E-state index is 0.0416. The molecule has 0 heterocycles. The highest BCUT2D eigenvalue weighted by atomic mass is 16.5. The van der Waals surface area contributed by atoms with Crippen LogP contribution in [-0.4, -0.2) is 24.1 Å². The van der Waals surface area contributed by atoms with E-state index in [9.17, 15) is 14.7 Å². The predicted octanol–water partition coefficient (Wildman–Crippen LogP) is 3.70. The minimum atomic E-state index is -1.42. The number of benzene rings is 2. The molecule has 2 rings (SSSR count). The second-order valence-electron chi connectivity index (χ2n) is 6.36. The Bertz CT molecular complexity index is 742. The fraction of sp³-hybridized carbons (Fsp3) is 0.333. The van der Waals surface area contributed by atoms with Crippen molar-refractivity contribution in [2.75, 3.05) is 7.11 Å². The Morgan fingerprint density at radius 2 is 1.73 bits per heavy atom. The smallest absolute Gasteiger partial charge is 0.334 e. The van der Waals surface area contributed by atoms with E-state index in [2.05, 4.69) is 5.32 Å². The van der Waals surface area contributed by atoms with E-state index in [1.807, 2.05) is 37.3 Å². The van der Waals surface area contributed by atoms with Gasteiger partial charge in [-0.3, -0.25) is 4.79 Å². The molecule has 2 aromatic carbocycles. The second-order valence-corrected chi connectivity index (χ2v) is 6.36. The number of carbonyl (C=O) groups excluding carboxylic acids is 1. The molecule has 2 aromatic rings. The summed E-state index contributed by atoms with van der Waals surface area (Å²) in [5.74, 6) is -0.636. The lowest BCUT2D eigenvalue weighted by molar-refractivity contribution is -0.148. The maximum Gasteiger partial charge on any atom is 0.334 e. The average molecular weight is 355 g/mol. The lowest BCUT2D eigenvalue weighted by Gasteiger charge is -2.30. The Hall–Kier alpha value is -2.82. The first kappa shape index (κ1) is 19.5. The van der Waals surface area contributed by atoms with Crippen LogP contribution in [0.4, 0.5) is 0 Å². The number of aliphatic carboxylic acids is 1. The van der Waals surface area contributed by atoms with Gasteiger partial charge >= 0.3 is 5.97 Å². The van der Waals surface area contributed by atoms with Crippen molar-refractivity contribution in [2.45, 2.75) is 38.1 Å². The third-order valence-electron chi connectivity index (χ3n) is 4.69. The van der Waals surface area contributed by atoms with Crippen LogP contribution in [0, 0.1) is 0 Å². The number of hydrogen-bond donors (Lipinski definition) is 2. The van der Waals surface area contributed by atoms with Crippen molar-refractivity contribution in [3.8, 4) is 5.75 Å². The maximum absolute atomic E-state index is 12.6.